The summed E-state index contributed by atoms with van der Waals surface area (Å²) in [6.07, 6.45) is 1.76. The van der Waals surface area contributed by atoms with Crippen LogP contribution in [0.3, 0.4) is 0 Å². The lowest BCUT2D eigenvalue weighted by molar-refractivity contribution is -0.131. The van der Waals surface area contributed by atoms with E-state index in [1.165, 1.54) is 12.1 Å². The third kappa shape index (κ3) is 5.39. The number of amides is 1. The number of carbonyl (C=O) groups is 1. The van der Waals surface area contributed by atoms with Crippen molar-refractivity contribution in [3.8, 4) is 0 Å². The first-order valence-electron chi connectivity index (χ1n) is 11.9. The van der Waals surface area contributed by atoms with Gasteiger partial charge in [-0.05, 0) is 48.5 Å². The fraction of sp³-hybridized carbons (Fsp3) is 0.583. The van der Waals surface area contributed by atoms with Crippen LogP contribution in [0.4, 0.5) is 11.4 Å². The predicted octanol–water partition coefficient (Wildman–Crippen LogP) is 3.80. The summed E-state index contributed by atoms with van der Waals surface area (Å²) in [4.78, 5) is 26.9. The van der Waals surface area contributed by atoms with Crippen molar-refractivity contribution in [2.24, 2.45) is 16.1 Å². The Kier molecular flexibility index (Phi) is 7.56. The number of hydrogen-bond donors (Lipinski definition) is 4. The molecule has 3 rings (SSSR count). The van der Waals surface area contributed by atoms with Crippen molar-refractivity contribution < 1.29 is 27.7 Å². The zero-order valence-corrected chi connectivity index (χ0v) is 23.9. The van der Waals surface area contributed by atoms with Gasteiger partial charge in [-0.15, -0.1) is 0 Å². The van der Waals surface area contributed by atoms with Gasteiger partial charge in [-0.2, -0.15) is 9.42 Å². The Balaban J connectivity index is 2.11. The van der Waals surface area contributed by atoms with Crippen LogP contribution in [0.15, 0.2) is 34.3 Å². The number of fused-ring (bicyclic) bond motifs is 1. The second kappa shape index (κ2) is 9.59. The zero-order valence-electron chi connectivity index (χ0n) is 22.2. The molecule has 0 aromatic heterocycles. The number of nitrogens with one attached hydrogen (secondary N) is 2. The van der Waals surface area contributed by atoms with Crippen LogP contribution in [-0.2, 0) is 19.3 Å². The lowest BCUT2D eigenvalue weighted by atomic mass is 9.84. The van der Waals surface area contributed by atoms with Gasteiger partial charge in [-0.1, -0.05) is 34.6 Å². The minimum atomic E-state index is -3.66. The molecular weight excluding hydrogens is 503 g/mol. The van der Waals surface area contributed by atoms with Crippen LogP contribution in [0.25, 0.3) is 0 Å². The summed E-state index contributed by atoms with van der Waals surface area (Å²) >= 11 is 0. The first-order chi connectivity index (χ1) is 16.4. The number of rotatable bonds is 8. The minimum absolute atomic E-state index is 0.00206. The molecule has 1 amide bonds. The van der Waals surface area contributed by atoms with Gasteiger partial charge < -0.3 is 15.3 Å². The van der Waals surface area contributed by atoms with E-state index < -0.39 is 23.4 Å². The van der Waals surface area contributed by atoms with Crippen LogP contribution in [0.1, 0.15) is 54.9 Å². The molecule has 1 aromatic rings. The van der Waals surface area contributed by atoms with Crippen LogP contribution in [0.5, 0.6) is 0 Å². The molecule has 2 heterocycles. The van der Waals surface area contributed by atoms with Crippen molar-refractivity contribution in [2.45, 2.75) is 60.4 Å². The molecule has 0 fully saturated rings. The first-order valence-corrected chi connectivity index (χ1v) is 15.5. The second-order valence-corrected chi connectivity index (χ2v) is 14.7. The topological polar surface area (TPSA) is 141 Å². The van der Waals surface area contributed by atoms with E-state index >= 15 is 0 Å². The van der Waals surface area contributed by atoms with Gasteiger partial charge in [0.1, 0.15) is 16.9 Å². The summed E-state index contributed by atoms with van der Waals surface area (Å²) in [6.45, 7) is 14.3. The lowest BCUT2D eigenvalue weighted by Gasteiger charge is -2.40. The molecule has 2 aliphatic heterocycles. The maximum Gasteiger partial charge on any atom is 0.432 e. The molecule has 2 aliphatic rings. The van der Waals surface area contributed by atoms with Crippen LogP contribution in [-0.4, -0.2) is 60.0 Å². The molecule has 0 radical (unpaired) electrons. The highest BCUT2D eigenvalue weighted by Gasteiger charge is 2.55. The Morgan fingerprint density at radius 1 is 1.31 bits per heavy atom. The van der Waals surface area contributed by atoms with E-state index in [0.717, 1.165) is 12.7 Å². The van der Waals surface area contributed by atoms with Crippen molar-refractivity contribution in [1.29, 1.82) is 0 Å². The second-order valence-electron chi connectivity index (χ2n) is 10.9. The quantitative estimate of drug-likeness (QED) is 0.367. The Morgan fingerprint density at radius 3 is 2.47 bits per heavy atom. The minimum Gasteiger partial charge on any atom is -0.509 e. The van der Waals surface area contributed by atoms with Gasteiger partial charge in [0.15, 0.2) is 5.84 Å². The summed E-state index contributed by atoms with van der Waals surface area (Å²) in [5.74, 6) is -0.547. The fourth-order valence-electron chi connectivity index (χ4n) is 4.30. The monoisotopic (exact) mass is 541 g/mol. The highest BCUT2D eigenvalue weighted by molar-refractivity contribution is 7.92. The highest BCUT2D eigenvalue weighted by Crippen LogP contribution is 2.60. The normalized spacial score (nSPS) is 24.7. The van der Waals surface area contributed by atoms with Crippen LogP contribution in [0, 0.1) is 11.3 Å². The largest absolute Gasteiger partial charge is 0.509 e. The summed E-state index contributed by atoms with van der Waals surface area (Å²) in [5.41, 5.74) is -0.310. The van der Waals surface area contributed by atoms with Gasteiger partial charge in [-0.3, -0.25) is 9.52 Å². The van der Waals surface area contributed by atoms with Crippen LogP contribution < -0.4 is 15.3 Å². The van der Waals surface area contributed by atoms with Crippen molar-refractivity contribution in [1.82, 2.24) is 4.90 Å². The highest BCUT2D eigenvalue weighted by atomic mass is 32.2. The zero-order chi connectivity index (χ0) is 27.3. The Morgan fingerprint density at radius 2 is 1.94 bits per heavy atom. The molecule has 0 saturated heterocycles. The molecule has 0 saturated carbocycles. The number of sulfonamides is 1. The molecule has 0 bridgehead atoms. The Bertz CT molecular complexity index is 1220. The summed E-state index contributed by atoms with van der Waals surface area (Å²) in [7, 11) is -7.20. The number of carbonyl (C=O) groups excluding carboxylic acids is 1. The third-order valence-electron chi connectivity index (χ3n) is 6.59. The number of benzene rings is 1. The maximum absolute atomic E-state index is 13.7. The van der Waals surface area contributed by atoms with E-state index in [0.29, 0.717) is 12.2 Å². The van der Waals surface area contributed by atoms with E-state index in [4.69, 9.17) is 4.52 Å². The summed E-state index contributed by atoms with van der Waals surface area (Å²) < 4.78 is 35.9. The van der Waals surface area contributed by atoms with Gasteiger partial charge in [-0.25, -0.2) is 8.42 Å². The van der Waals surface area contributed by atoms with E-state index in [-0.39, 0.29) is 52.0 Å². The summed E-state index contributed by atoms with van der Waals surface area (Å²) in [6, 6.07) is 4.58. The van der Waals surface area contributed by atoms with Gasteiger partial charge in [0.05, 0.1) is 24.2 Å². The molecule has 1 aromatic carbocycles. The molecule has 12 heteroatoms. The van der Waals surface area contributed by atoms with Crippen LogP contribution in [0.2, 0.25) is 0 Å². The van der Waals surface area contributed by atoms with Crippen molar-refractivity contribution in [3.63, 3.8) is 0 Å². The van der Waals surface area contributed by atoms with Crippen LogP contribution >= 0.6 is 7.87 Å². The summed E-state index contributed by atoms with van der Waals surface area (Å²) in [5, 5.41) is 14.8. The third-order valence-corrected chi connectivity index (χ3v) is 9.29. The SMILES string of the molecule is CCO[P+]1(O)N=C(C2=C(O)C(C)(C(C)C)N(CCC(C)(C)C)C2=O)Nc2ccc(NS(C)(=O)=O)cc21. The molecule has 10 nitrogen and oxygen atoms in total. The molecule has 0 aliphatic carbocycles. The molecule has 200 valence electrons. The van der Waals surface area contributed by atoms with E-state index in [2.05, 4.69) is 35.6 Å². The van der Waals surface area contributed by atoms with Crippen molar-refractivity contribution >= 4 is 46.3 Å². The molecule has 36 heavy (non-hydrogen) atoms. The predicted molar refractivity (Wildman–Crippen MR) is 145 cm³/mol. The van der Waals surface area contributed by atoms with E-state index in [9.17, 15) is 23.2 Å². The Hall–Kier alpha value is -2.20. The van der Waals surface area contributed by atoms with Gasteiger partial charge in [0.25, 0.3) is 5.91 Å². The number of aliphatic hydroxyl groups is 1. The Labute approximate surface area is 214 Å². The molecule has 2 atom stereocenters. The van der Waals surface area contributed by atoms with Crippen molar-refractivity contribution in [3.05, 3.63) is 29.5 Å². The maximum atomic E-state index is 13.7. The number of aliphatic hydroxyl groups excluding tert-OH is 1. The van der Waals surface area contributed by atoms with Crippen molar-refractivity contribution in [2.75, 3.05) is 29.4 Å². The molecule has 4 N–H and O–H groups in total. The fourth-order valence-corrected chi connectivity index (χ4v) is 6.69. The number of hydrogen-bond acceptors (Lipinski definition) is 8. The average Bonchev–Trinajstić information content (AvgIpc) is 2.91. The van der Waals surface area contributed by atoms with Gasteiger partial charge in [0, 0.05) is 12.6 Å². The van der Waals surface area contributed by atoms with E-state index in [1.54, 1.807) is 17.9 Å². The van der Waals surface area contributed by atoms with Gasteiger partial charge in [0.2, 0.25) is 15.3 Å². The molecular formula is C24H38N4O6PS+. The number of amidine groups is 1. The standard InChI is InChI=1S/C24H37N4O6PS/c1-9-34-35(31)18-14-16(27-36(8,32)33)10-11-17(18)25-21(26-35)19-20(29)24(7,15(2)3)28(22(19)30)13-12-23(4,5)6/h10-11,14-15,27,31H,9,12-13H2,1-8H3,(H-,25,26,29,30)/p+1. The lowest BCUT2D eigenvalue weighted by Crippen LogP contribution is -2.50. The molecule has 0 spiro atoms. The van der Waals surface area contributed by atoms with Gasteiger partial charge >= 0.3 is 7.87 Å². The average molecular weight is 542 g/mol. The molecule has 2 unspecified atom stereocenters. The number of anilines is 2. The smallest absolute Gasteiger partial charge is 0.432 e. The first kappa shape index (κ1) is 28.4. The van der Waals surface area contributed by atoms with E-state index in [1.807, 2.05) is 20.8 Å². The number of nitrogens with zero attached hydrogens (tertiary/aromatic N) is 2.